The zero-order valence-electron chi connectivity index (χ0n) is 17.9. The summed E-state index contributed by atoms with van der Waals surface area (Å²) in [6.45, 7) is 3.96. The van der Waals surface area contributed by atoms with Crippen molar-refractivity contribution in [1.82, 2.24) is 25.2 Å². The van der Waals surface area contributed by atoms with E-state index in [1.807, 2.05) is 4.68 Å². The van der Waals surface area contributed by atoms with Crippen LogP contribution in [0.4, 0.5) is 0 Å². The summed E-state index contributed by atoms with van der Waals surface area (Å²) in [5, 5.41) is 11.2. The van der Waals surface area contributed by atoms with Gasteiger partial charge >= 0.3 is 0 Å². The molecule has 6 nitrogen and oxygen atoms in total. The number of nitrogens with one attached hydrogen (secondary N) is 1. The summed E-state index contributed by atoms with van der Waals surface area (Å²) >= 11 is 0. The lowest BCUT2D eigenvalue weighted by Gasteiger charge is -2.43. The second kappa shape index (κ2) is 8.63. The first-order valence-corrected chi connectivity index (χ1v) is 11.3. The molecule has 1 amide bonds. The Morgan fingerprint density at radius 3 is 2.39 bits per heavy atom. The molecule has 1 saturated carbocycles. The maximum Gasteiger partial charge on any atom is 0.273 e. The summed E-state index contributed by atoms with van der Waals surface area (Å²) in [6, 6.07) is 20.6. The summed E-state index contributed by atoms with van der Waals surface area (Å²) < 4.78 is 1.81. The molecule has 0 radical (unpaired) electrons. The lowest BCUT2D eigenvalue weighted by Crippen LogP contribution is -2.59. The SMILES string of the molecule is CC(c1ccc(CCc2ccccc2)cc1)N1CC(NC(=O)c2cn(C3CC3)nn2)C1. The first kappa shape index (κ1) is 19.9. The van der Waals surface area contributed by atoms with Crippen LogP contribution in [-0.2, 0) is 12.8 Å². The Morgan fingerprint density at radius 2 is 1.71 bits per heavy atom. The summed E-state index contributed by atoms with van der Waals surface area (Å²) in [6.07, 6.45) is 6.16. The molecule has 1 aromatic heterocycles. The lowest BCUT2D eigenvalue weighted by atomic mass is 9.98. The molecule has 2 aromatic carbocycles. The maximum atomic E-state index is 12.4. The molecular weight excluding hydrogens is 386 g/mol. The van der Waals surface area contributed by atoms with E-state index in [9.17, 15) is 4.79 Å². The van der Waals surface area contributed by atoms with E-state index >= 15 is 0 Å². The van der Waals surface area contributed by atoms with E-state index in [0.29, 0.717) is 17.8 Å². The molecule has 1 aliphatic carbocycles. The number of carbonyl (C=O) groups excluding carboxylic acids is 1. The highest BCUT2D eigenvalue weighted by Crippen LogP contribution is 2.33. The molecule has 3 aromatic rings. The van der Waals surface area contributed by atoms with Crippen molar-refractivity contribution in [2.75, 3.05) is 13.1 Å². The van der Waals surface area contributed by atoms with E-state index in [-0.39, 0.29) is 11.9 Å². The van der Waals surface area contributed by atoms with Crippen molar-refractivity contribution in [3.8, 4) is 0 Å². The van der Waals surface area contributed by atoms with Crippen LogP contribution in [0.5, 0.6) is 0 Å². The van der Waals surface area contributed by atoms with Gasteiger partial charge in [0.25, 0.3) is 5.91 Å². The van der Waals surface area contributed by atoms with Crippen molar-refractivity contribution in [2.45, 2.75) is 50.7 Å². The summed E-state index contributed by atoms with van der Waals surface area (Å²) in [7, 11) is 0. The fraction of sp³-hybridized carbons (Fsp3) is 0.400. The van der Waals surface area contributed by atoms with Crippen LogP contribution in [0.25, 0.3) is 0 Å². The lowest BCUT2D eigenvalue weighted by molar-refractivity contribution is 0.0672. The molecule has 160 valence electrons. The topological polar surface area (TPSA) is 63.1 Å². The molecular formula is C25H29N5O. The number of rotatable bonds is 8. The maximum absolute atomic E-state index is 12.4. The Morgan fingerprint density at radius 1 is 1.03 bits per heavy atom. The van der Waals surface area contributed by atoms with Gasteiger partial charge in [-0.2, -0.15) is 0 Å². The van der Waals surface area contributed by atoms with Gasteiger partial charge in [-0.15, -0.1) is 5.10 Å². The Bertz CT molecular complexity index is 1020. The van der Waals surface area contributed by atoms with Gasteiger partial charge in [0.2, 0.25) is 0 Å². The quantitative estimate of drug-likeness (QED) is 0.611. The summed E-state index contributed by atoms with van der Waals surface area (Å²) in [5.74, 6) is -0.119. The molecule has 6 heteroatoms. The molecule has 1 unspecified atom stereocenters. The molecule has 0 spiro atoms. The average Bonchev–Trinajstić information content (AvgIpc) is 3.51. The smallest absolute Gasteiger partial charge is 0.273 e. The predicted octanol–water partition coefficient (Wildman–Crippen LogP) is 3.57. The number of nitrogens with zero attached hydrogens (tertiary/aromatic N) is 4. The molecule has 1 N–H and O–H groups in total. The fourth-order valence-electron chi connectivity index (χ4n) is 4.18. The molecule has 2 aliphatic rings. The van der Waals surface area contributed by atoms with Gasteiger partial charge in [0.1, 0.15) is 0 Å². The van der Waals surface area contributed by atoms with E-state index < -0.39 is 0 Å². The van der Waals surface area contributed by atoms with E-state index in [1.54, 1.807) is 6.20 Å². The first-order chi connectivity index (χ1) is 15.2. The molecule has 2 fully saturated rings. The van der Waals surface area contributed by atoms with Crippen LogP contribution >= 0.6 is 0 Å². The third kappa shape index (κ3) is 4.69. The highest BCUT2D eigenvalue weighted by Gasteiger charge is 2.33. The molecule has 1 aliphatic heterocycles. The minimum absolute atomic E-state index is 0.119. The number of hydrogen-bond donors (Lipinski definition) is 1. The first-order valence-electron chi connectivity index (χ1n) is 11.3. The Kier molecular flexibility index (Phi) is 5.55. The Balaban J connectivity index is 1.08. The van der Waals surface area contributed by atoms with Crippen LogP contribution in [0.3, 0.4) is 0 Å². The number of hydrogen-bond acceptors (Lipinski definition) is 4. The average molecular weight is 416 g/mol. The van der Waals surface area contributed by atoms with Gasteiger partial charge in [-0.1, -0.05) is 59.8 Å². The van der Waals surface area contributed by atoms with Gasteiger partial charge < -0.3 is 5.32 Å². The minimum atomic E-state index is -0.119. The third-order valence-electron chi connectivity index (χ3n) is 6.46. The number of aromatic nitrogens is 3. The number of aryl methyl sites for hydroxylation is 2. The van der Waals surface area contributed by atoms with Crippen molar-refractivity contribution < 1.29 is 4.79 Å². The van der Waals surface area contributed by atoms with Gasteiger partial charge in [0, 0.05) is 19.1 Å². The van der Waals surface area contributed by atoms with Crippen molar-refractivity contribution in [3.05, 3.63) is 83.2 Å². The van der Waals surface area contributed by atoms with E-state index in [0.717, 1.165) is 38.8 Å². The Hall–Kier alpha value is -2.99. The second-order valence-corrected chi connectivity index (χ2v) is 8.84. The van der Waals surface area contributed by atoms with Gasteiger partial charge in [0.15, 0.2) is 5.69 Å². The van der Waals surface area contributed by atoms with E-state index in [2.05, 4.69) is 82.0 Å². The van der Waals surface area contributed by atoms with Crippen molar-refractivity contribution in [2.24, 2.45) is 0 Å². The predicted molar refractivity (Wildman–Crippen MR) is 120 cm³/mol. The van der Waals surface area contributed by atoms with Crippen LogP contribution in [-0.4, -0.2) is 44.9 Å². The molecule has 1 atom stereocenters. The largest absolute Gasteiger partial charge is 0.345 e. The third-order valence-corrected chi connectivity index (χ3v) is 6.46. The zero-order valence-corrected chi connectivity index (χ0v) is 17.9. The van der Waals surface area contributed by atoms with Crippen LogP contribution < -0.4 is 5.32 Å². The van der Waals surface area contributed by atoms with Crippen molar-refractivity contribution >= 4 is 5.91 Å². The van der Waals surface area contributed by atoms with Gasteiger partial charge in [-0.25, -0.2) is 4.68 Å². The monoisotopic (exact) mass is 415 g/mol. The van der Waals surface area contributed by atoms with Crippen LogP contribution in [0.2, 0.25) is 0 Å². The molecule has 5 rings (SSSR count). The van der Waals surface area contributed by atoms with Gasteiger partial charge in [-0.05, 0) is 49.3 Å². The summed E-state index contributed by atoms with van der Waals surface area (Å²) in [4.78, 5) is 14.8. The number of likely N-dealkylation sites (tertiary alicyclic amines) is 1. The fourth-order valence-corrected chi connectivity index (χ4v) is 4.18. The highest BCUT2D eigenvalue weighted by atomic mass is 16.2. The molecule has 31 heavy (non-hydrogen) atoms. The van der Waals surface area contributed by atoms with Gasteiger partial charge in [-0.3, -0.25) is 9.69 Å². The van der Waals surface area contributed by atoms with E-state index in [4.69, 9.17) is 0 Å². The molecule has 1 saturated heterocycles. The Labute approximate surface area is 183 Å². The van der Waals surface area contributed by atoms with Crippen molar-refractivity contribution in [1.29, 1.82) is 0 Å². The number of amides is 1. The van der Waals surface area contributed by atoms with Crippen LogP contribution in [0.15, 0.2) is 60.8 Å². The van der Waals surface area contributed by atoms with Crippen LogP contribution in [0, 0.1) is 0 Å². The number of carbonyl (C=O) groups is 1. The highest BCUT2D eigenvalue weighted by molar-refractivity contribution is 5.92. The minimum Gasteiger partial charge on any atom is -0.345 e. The standard InChI is InChI=1S/C25H29N5O/c1-18(21-11-9-20(10-12-21)8-7-19-5-3-2-4-6-19)29-15-22(16-29)26-25(31)24-17-30(28-27-24)23-13-14-23/h2-6,9-12,17-18,22-23H,7-8,13-16H2,1H3,(H,26,31). The van der Waals surface area contributed by atoms with Crippen LogP contribution in [0.1, 0.15) is 59.0 Å². The molecule has 2 heterocycles. The normalized spacial score (nSPS) is 17.8. The molecule has 0 bridgehead atoms. The second-order valence-electron chi connectivity index (χ2n) is 8.84. The number of benzene rings is 2. The summed E-state index contributed by atoms with van der Waals surface area (Å²) in [5.41, 5.74) is 4.49. The van der Waals surface area contributed by atoms with E-state index in [1.165, 1.54) is 16.7 Å². The van der Waals surface area contributed by atoms with Gasteiger partial charge in [0.05, 0.1) is 18.3 Å². The zero-order chi connectivity index (χ0) is 21.2. The van der Waals surface area contributed by atoms with Crippen molar-refractivity contribution in [3.63, 3.8) is 0 Å².